The monoisotopic (exact) mass is 534 g/mol. The first-order chi connectivity index (χ1) is 18.0. The number of carbonyl (C=O) groups excluding carboxylic acids is 2. The van der Waals surface area contributed by atoms with Gasteiger partial charge >= 0.3 is 18.1 Å². The average Bonchev–Trinajstić information content (AvgIpc) is 3.31. The van der Waals surface area contributed by atoms with Crippen LogP contribution in [-0.4, -0.2) is 48.2 Å². The van der Waals surface area contributed by atoms with Gasteiger partial charge in [-0.05, 0) is 17.7 Å². The zero-order chi connectivity index (χ0) is 27.9. The Hall–Kier alpha value is -3.86. The summed E-state index contributed by atoms with van der Waals surface area (Å²) in [6.07, 6.45) is -5.68. The van der Waals surface area contributed by atoms with E-state index < -0.39 is 42.3 Å². The summed E-state index contributed by atoms with van der Waals surface area (Å²) in [6.45, 7) is 1.87. The van der Waals surface area contributed by atoms with Crippen molar-refractivity contribution in [3.63, 3.8) is 0 Å². The molecule has 3 rings (SSSR count). The van der Waals surface area contributed by atoms with Crippen molar-refractivity contribution >= 4 is 11.9 Å². The van der Waals surface area contributed by atoms with Crippen LogP contribution < -0.4 is 4.74 Å². The van der Waals surface area contributed by atoms with Crippen molar-refractivity contribution in [3.8, 4) is 5.75 Å². The third-order valence-electron chi connectivity index (χ3n) is 5.95. The van der Waals surface area contributed by atoms with Crippen LogP contribution in [0.5, 0.6) is 5.75 Å². The van der Waals surface area contributed by atoms with Crippen molar-refractivity contribution < 1.29 is 41.7 Å². The lowest BCUT2D eigenvalue weighted by atomic mass is 9.78. The highest BCUT2D eigenvalue weighted by Crippen LogP contribution is 2.37. The normalized spacial score (nSPS) is 13.4. The summed E-state index contributed by atoms with van der Waals surface area (Å²) in [4.78, 5) is 26.0. The van der Waals surface area contributed by atoms with Gasteiger partial charge in [-0.25, -0.2) is 9.59 Å². The second-order valence-corrected chi connectivity index (χ2v) is 8.97. The summed E-state index contributed by atoms with van der Waals surface area (Å²) in [5.74, 6) is -1.31. The van der Waals surface area contributed by atoms with Crippen molar-refractivity contribution in [2.24, 2.45) is 0 Å². The topological polar surface area (TPSA) is 88.9 Å². The highest BCUT2D eigenvalue weighted by Gasteiger charge is 2.44. The lowest BCUT2D eigenvalue weighted by molar-refractivity contribution is -0.177. The first-order valence-corrected chi connectivity index (χ1v) is 11.6. The number of aromatic nitrogens is 2. The fraction of sp³-hybridized carbons (Fsp3) is 0.370. The SMILES string of the molecule is COC(=O)[C@@H](OC(=O)[C@H](OC)c1ccccc1)C(C)(C)c1ccccc1OCc1ccnn1CC(F)(F)F. The standard InChI is InChI=1S/C27H29F3N2O6/c1-26(2,23(25(34)36-4)38-24(33)22(35-3)18-10-6-5-7-11-18)20-12-8-9-13-21(20)37-16-19-14-15-31-32(19)17-27(28,29)30/h5-15,22-23H,16-17H2,1-4H3/t22-,23-/m1/s1. The maximum Gasteiger partial charge on any atom is 0.408 e. The van der Waals surface area contributed by atoms with Crippen LogP contribution in [0.4, 0.5) is 13.2 Å². The van der Waals surface area contributed by atoms with Crippen molar-refractivity contribution in [2.75, 3.05) is 14.2 Å². The first kappa shape index (κ1) is 28.7. The summed E-state index contributed by atoms with van der Waals surface area (Å²) in [6, 6.07) is 16.8. The molecule has 0 unspecified atom stereocenters. The van der Waals surface area contributed by atoms with Gasteiger partial charge in [0.15, 0.2) is 6.10 Å². The second-order valence-electron chi connectivity index (χ2n) is 8.97. The van der Waals surface area contributed by atoms with Gasteiger partial charge in [0.1, 0.15) is 18.9 Å². The zero-order valence-corrected chi connectivity index (χ0v) is 21.4. The Labute approximate surface area is 218 Å². The number of hydrogen-bond donors (Lipinski definition) is 0. The van der Waals surface area contributed by atoms with Crippen LogP contribution in [-0.2, 0) is 42.4 Å². The quantitative estimate of drug-likeness (QED) is 0.327. The molecule has 0 amide bonds. The molecule has 0 saturated heterocycles. The van der Waals surface area contributed by atoms with Crippen LogP contribution in [0.25, 0.3) is 0 Å². The minimum Gasteiger partial charge on any atom is -0.487 e. The Morgan fingerprint density at radius 3 is 2.24 bits per heavy atom. The van der Waals surface area contributed by atoms with Gasteiger partial charge in [0.25, 0.3) is 0 Å². The van der Waals surface area contributed by atoms with E-state index in [1.165, 1.54) is 26.5 Å². The summed E-state index contributed by atoms with van der Waals surface area (Å²) >= 11 is 0. The Balaban J connectivity index is 1.87. The predicted octanol–water partition coefficient (Wildman–Crippen LogP) is 4.77. The van der Waals surface area contributed by atoms with Gasteiger partial charge in [0.2, 0.25) is 6.10 Å². The smallest absolute Gasteiger partial charge is 0.408 e. The molecule has 8 nitrogen and oxygen atoms in total. The molecule has 0 spiro atoms. The molecule has 0 aliphatic rings. The summed E-state index contributed by atoms with van der Waals surface area (Å²) < 4.78 is 61.3. The molecule has 3 aromatic rings. The molecule has 1 aromatic heterocycles. The largest absolute Gasteiger partial charge is 0.487 e. The lowest BCUT2D eigenvalue weighted by Gasteiger charge is -2.34. The van der Waals surface area contributed by atoms with Crippen molar-refractivity contribution in [1.82, 2.24) is 9.78 Å². The number of rotatable bonds is 11. The van der Waals surface area contributed by atoms with Crippen LogP contribution in [0, 0.1) is 0 Å². The fourth-order valence-corrected chi connectivity index (χ4v) is 3.98. The molecule has 2 atom stereocenters. The molecule has 0 N–H and O–H groups in total. The minimum atomic E-state index is -4.45. The molecule has 0 fully saturated rings. The Morgan fingerprint density at radius 1 is 0.947 bits per heavy atom. The van der Waals surface area contributed by atoms with Crippen LogP contribution in [0.15, 0.2) is 66.9 Å². The molecular formula is C27H29F3N2O6. The lowest BCUT2D eigenvalue weighted by Crippen LogP contribution is -2.45. The molecular weight excluding hydrogens is 505 g/mol. The fourth-order valence-electron chi connectivity index (χ4n) is 3.98. The van der Waals surface area contributed by atoms with Crippen LogP contribution >= 0.6 is 0 Å². The molecule has 11 heteroatoms. The van der Waals surface area contributed by atoms with E-state index >= 15 is 0 Å². The van der Waals surface area contributed by atoms with E-state index in [4.69, 9.17) is 18.9 Å². The minimum absolute atomic E-state index is 0.205. The number of ether oxygens (including phenoxy) is 4. The van der Waals surface area contributed by atoms with Gasteiger partial charge in [0.05, 0.1) is 12.8 Å². The maximum atomic E-state index is 13.1. The molecule has 204 valence electrons. The molecule has 0 aliphatic heterocycles. The number of esters is 2. The molecule has 1 heterocycles. The molecule has 0 radical (unpaired) electrons. The number of para-hydroxylation sites is 1. The van der Waals surface area contributed by atoms with E-state index in [1.54, 1.807) is 68.4 Å². The van der Waals surface area contributed by atoms with Gasteiger partial charge in [-0.3, -0.25) is 4.68 Å². The van der Waals surface area contributed by atoms with Gasteiger partial charge in [0, 0.05) is 24.3 Å². The van der Waals surface area contributed by atoms with Crippen molar-refractivity contribution in [2.45, 2.75) is 50.8 Å². The number of hydrogen-bond acceptors (Lipinski definition) is 7. The molecule has 0 bridgehead atoms. The Kier molecular flexibility index (Phi) is 9.16. The van der Waals surface area contributed by atoms with E-state index in [1.807, 2.05) is 0 Å². The van der Waals surface area contributed by atoms with Gasteiger partial charge in [-0.2, -0.15) is 18.3 Å². The molecule has 0 saturated carbocycles. The molecule has 0 aliphatic carbocycles. The highest BCUT2D eigenvalue weighted by atomic mass is 19.4. The predicted molar refractivity (Wildman–Crippen MR) is 130 cm³/mol. The summed E-state index contributed by atoms with van der Waals surface area (Å²) in [7, 11) is 2.53. The van der Waals surface area contributed by atoms with E-state index in [0.29, 0.717) is 11.1 Å². The number of methoxy groups -OCH3 is 2. The van der Waals surface area contributed by atoms with Crippen molar-refractivity contribution in [3.05, 3.63) is 83.7 Å². The van der Waals surface area contributed by atoms with Crippen molar-refractivity contribution in [1.29, 1.82) is 0 Å². The third-order valence-corrected chi connectivity index (χ3v) is 5.95. The highest BCUT2D eigenvalue weighted by molar-refractivity contribution is 5.83. The number of nitrogens with zero attached hydrogens (tertiary/aromatic N) is 2. The van der Waals surface area contributed by atoms with E-state index in [0.717, 1.165) is 4.68 Å². The number of alkyl halides is 3. The average molecular weight is 535 g/mol. The second kappa shape index (κ2) is 12.1. The van der Waals surface area contributed by atoms with Gasteiger partial charge < -0.3 is 18.9 Å². The van der Waals surface area contributed by atoms with Gasteiger partial charge in [-0.1, -0.05) is 62.4 Å². The van der Waals surface area contributed by atoms with E-state index in [9.17, 15) is 22.8 Å². The van der Waals surface area contributed by atoms with Gasteiger partial charge in [-0.15, -0.1) is 0 Å². The zero-order valence-electron chi connectivity index (χ0n) is 21.4. The summed E-state index contributed by atoms with van der Waals surface area (Å²) in [5, 5.41) is 3.72. The van der Waals surface area contributed by atoms with Crippen LogP contribution in [0.3, 0.4) is 0 Å². The van der Waals surface area contributed by atoms with Crippen LogP contribution in [0.1, 0.15) is 36.8 Å². The molecule has 38 heavy (non-hydrogen) atoms. The van der Waals surface area contributed by atoms with E-state index in [-0.39, 0.29) is 18.1 Å². The number of benzene rings is 2. The number of carbonyl (C=O) groups is 2. The molecule has 2 aromatic carbocycles. The number of halogens is 3. The Morgan fingerprint density at radius 2 is 1.61 bits per heavy atom. The van der Waals surface area contributed by atoms with Crippen LogP contribution in [0.2, 0.25) is 0 Å². The van der Waals surface area contributed by atoms with E-state index in [2.05, 4.69) is 5.10 Å². The third kappa shape index (κ3) is 6.91. The first-order valence-electron chi connectivity index (χ1n) is 11.6. The Bertz CT molecular complexity index is 1230. The maximum absolute atomic E-state index is 13.1. The summed E-state index contributed by atoms with van der Waals surface area (Å²) in [5.41, 5.74) is 0.0386.